The van der Waals surface area contributed by atoms with Gasteiger partial charge in [-0.15, -0.1) is 0 Å². The van der Waals surface area contributed by atoms with Crippen LogP contribution in [0.25, 0.3) is 0 Å². The number of alkyl halides is 3. The maximum absolute atomic E-state index is 12.1. The van der Waals surface area contributed by atoms with Gasteiger partial charge in [0.05, 0.1) is 12.4 Å². The summed E-state index contributed by atoms with van der Waals surface area (Å²) in [6, 6.07) is -1.95. The number of hydrogen-bond donors (Lipinski definition) is 1. The number of nitrogens with one attached hydrogen (secondary N) is 1. The molecule has 8 heteroatoms. The molecule has 0 radical (unpaired) electrons. The second kappa shape index (κ2) is 4.65. The fraction of sp³-hybridized carbons (Fsp3) is 0.375. The van der Waals surface area contributed by atoms with Crippen molar-refractivity contribution in [3.05, 3.63) is 23.2 Å². The summed E-state index contributed by atoms with van der Waals surface area (Å²) in [6.45, 7) is 0.835. The maximum atomic E-state index is 12.1. The summed E-state index contributed by atoms with van der Waals surface area (Å²) in [4.78, 5) is 18.3. The Kier molecular flexibility index (Phi) is 3.69. The third kappa shape index (κ3) is 3.34. The molecule has 1 N–H and O–H groups in total. The number of nitrogens with zero attached hydrogens (tertiary/aromatic N) is 2. The monoisotopic (exact) mass is 253 g/mol. The number of rotatable bonds is 2. The number of carbonyl (C=O) groups excluding carboxylic acids is 1. The number of aromatic nitrogens is 2. The summed E-state index contributed by atoms with van der Waals surface area (Å²) in [6.07, 6.45) is -2.41. The highest BCUT2D eigenvalue weighted by Crippen LogP contribution is 2.19. The van der Waals surface area contributed by atoms with Crippen LogP contribution in [-0.4, -0.2) is 28.1 Å². The molecule has 0 saturated heterocycles. The van der Waals surface area contributed by atoms with Crippen LogP contribution in [0.1, 0.15) is 17.4 Å². The summed E-state index contributed by atoms with van der Waals surface area (Å²) >= 11 is 5.41. The summed E-state index contributed by atoms with van der Waals surface area (Å²) in [7, 11) is 0. The van der Waals surface area contributed by atoms with Crippen molar-refractivity contribution in [2.24, 2.45) is 0 Å². The lowest BCUT2D eigenvalue weighted by Crippen LogP contribution is -2.43. The molecular formula is C8H7ClF3N3O. The van der Waals surface area contributed by atoms with E-state index in [9.17, 15) is 18.0 Å². The molecule has 1 aromatic rings. The van der Waals surface area contributed by atoms with Crippen molar-refractivity contribution in [3.8, 4) is 0 Å². The number of hydrogen-bond acceptors (Lipinski definition) is 3. The SMILES string of the molecule is CC(NC(=O)c1cnc(Cl)cn1)C(F)(F)F. The van der Waals surface area contributed by atoms with Gasteiger partial charge < -0.3 is 5.32 Å². The Morgan fingerprint density at radius 1 is 1.44 bits per heavy atom. The van der Waals surface area contributed by atoms with Gasteiger partial charge in [-0.2, -0.15) is 13.2 Å². The summed E-state index contributed by atoms with van der Waals surface area (Å²) in [5, 5.41) is 1.80. The molecule has 16 heavy (non-hydrogen) atoms. The fourth-order valence-corrected chi connectivity index (χ4v) is 0.880. The van der Waals surface area contributed by atoms with Crippen molar-refractivity contribution in [2.75, 3.05) is 0 Å². The van der Waals surface area contributed by atoms with Crippen LogP contribution >= 0.6 is 11.6 Å². The molecule has 0 aliphatic rings. The van der Waals surface area contributed by atoms with Crippen molar-refractivity contribution < 1.29 is 18.0 Å². The van der Waals surface area contributed by atoms with E-state index in [4.69, 9.17) is 11.6 Å². The molecule has 0 saturated carbocycles. The van der Waals surface area contributed by atoms with Gasteiger partial charge in [0, 0.05) is 0 Å². The Bertz CT molecular complexity index is 379. The minimum atomic E-state index is -4.49. The first-order valence-electron chi connectivity index (χ1n) is 4.16. The lowest BCUT2D eigenvalue weighted by molar-refractivity contribution is -0.149. The average Bonchev–Trinajstić information content (AvgIpc) is 2.17. The van der Waals surface area contributed by atoms with Crippen LogP contribution in [0.3, 0.4) is 0 Å². The molecule has 0 aliphatic heterocycles. The van der Waals surface area contributed by atoms with Gasteiger partial charge >= 0.3 is 6.18 Å². The smallest absolute Gasteiger partial charge is 0.339 e. The largest absolute Gasteiger partial charge is 0.408 e. The molecule has 1 rings (SSSR count). The Morgan fingerprint density at radius 3 is 2.50 bits per heavy atom. The van der Waals surface area contributed by atoms with Gasteiger partial charge in [0.15, 0.2) is 0 Å². The molecule has 1 aromatic heterocycles. The lowest BCUT2D eigenvalue weighted by atomic mass is 10.3. The number of halogens is 4. The molecule has 0 aliphatic carbocycles. The van der Waals surface area contributed by atoms with Gasteiger partial charge in [-0.3, -0.25) is 4.79 Å². The molecule has 0 fully saturated rings. The van der Waals surface area contributed by atoms with E-state index in [-0.39, 0.29) is 10.8 Å². The summed E-state index contributed by atoms with van der Waals surface area (Å²) < 4.78 is 36.4. The van der Waals surface area contributed by atoms with Gasteiger partial charge in [0.2, 0.25) is 0 Å². The van der Waals surface area contributed by atoms with Gasteiger partial charge in [-0.25, -0.2) is 9.97 Å². The zero-order valence-corrected chi connectivity index (χ0v) is 8.80. The van der Waals surface area contributed by atoms with Crippen molar-refractivity contribution in [1.82, 2.24) is 15.3 Å². The van der Waals surface area contributed by atoms with E-state index in [1.807, 2.05) is 0 Å². The van der Waals surface area contributed by atoms with Crippen molar-refractivity contribution in [2.45, 2.75) is 19.1 Å². The Morgan fingerprint density at radius 2 is 2.06 bits per heavy atom. The minimum Gasteiger partial charge on any atom is -0.339 e. The zero-order valence-electron chi connectivity index (χ0n) is 8.05. The first kappa shape index (κ1) is 12.7. The fourth-order valence-electron chi connectivity index (χ4n) is 0.782. The summed E-state index contributed by atoms with van der Waals surface area (Å²) in [5.41, 5.74) is -0.222. The van der Waals surface area contributed by atoms with E-state index in [1.54, 1.807) is 5.32 Å². The van der Waals surface area contributed by atoms with E-state index in [2.05, 4.69) is 9.97 Å². The molecule has 1 atom stereocenters. The van der Waals surface area contributed by atoms with E-state index >= 15 is 0 Å². The maximum Gasteiger partial charge on any atom is 0.408 e. The van der Waals surface area contributed by atoms with Crippen LogP contribution in [-0.2, 0) is 0 Å². The van der Waals surface area contributed by atoms with Crippen LogP contribution in [0.5, 0.6) is 0 Å². The first-order chi connectivity index (χ1) is 7.30. The van der Waals surface area contributed by atoms with Crippen LogP contribution in [0.2, 0.25) is 5.15 Å². The predicted octanol–water partition coefficient (Wildman–Crippen LogP) is 1.81. The average molecular weight is 254 g/mol. The molecule has 4 nitrogen and oxygen atoms in total. The van der Waals surface area contributed by atoms with Crippen LogP contribution in [0, 0.1) is 0 Å². The second-order valence-electron chi connectivity index (χ2n) is 2.96. The Balaban J connectivity index is 2.70. The molecule has 1 unspecified atom stereocenters. The first-order valence-corrected chi connectivity index (χ1v) is 4.53. The molecule has 88 valence electrons. The Hall–Kier alpha value is -1.37. The van der Waals surface area contributed by atoms with Crippen molar-refractivity contribution in [1.29, 1.82) is 0 Å². The predicted molar refractivity (Wildman–Crippen MR) is 50.0 cm³/mol. The Labute approximate surface area is 93.8 Å². The quantitative estimate of drug-likeness (QED) is 0.875. The molecular weight excluding hydrogens is 247 g/mol. The topological polar surface area (TPSA) is 54.9 Å². The molecule has 0 aromatic carbocycles. The lowest BCUT2D eigenvalue weighted by Gasteiger charge is -2.16. The standard InChI is InChI=1S/C8H7ClF3N3O/c1-4(8(10,11)12)15-7(16)5-2-14-6(9)3-13-5/h2-4H,1H3,(H,15,16). The highest BCUT2D eigenvalue weighted by atomic mass is 35.5. The van der Waals surface area contributed by atoms with Crippen molar-refractivity contribution in [3.63, 3.8) is 0 Å². The van der Waals surface area contributed by atoms with Crippen LogP contribution in [0.4, 0.5) is 13.2 Å². The third-order valence-electron chi connectivity index (χ3n) is 1.69. The highest BCUT2D eigenvalue weighted by molar-refractivity contribution is 6.29. The molecule has 0 bridgehead atoms. The zero-order chi connectivity index (χ0) is 12.3. The normalized spacial score (nSPS) is 13.3. The minimum absolute atomic E-state index is 0.0559. The summed E-state index contributed by atoms with van der Waals surface area (Å²) in [5.74, 6) is -0.950. The number of carbonyl (C=O) groups is 1. The van der Waals surface area contributed by atoms with Gasteiger partial charge in [0.1, 0.15) is 16.9 Å². The molecule has 0 spiro atoms. The second-order valence-corrected chi connectivity index (χ2v) is 3.35. The van der Waals surface area contributed by atoms with E-state index in [1.165, 1.54) is 0 Å². The van der Waals surface area contributed by atoms with E-state index in [0.717, 1.165) is 19.3 Å². The third-order valence-corrected chi connectivity index (χ3v) is 1.89. The molecule has 1 heterocycles. The van der Waals surface area contributed by atoms with Crippen LogP contribution < -0.4 is 5.32 Å². The van der Waals surface area contributed by atoms with E-state index < -0.39 is 18.1 Å². The van der Waals surface area contributed by atoms with Gasteiger partial charge in [-0.1, -0.05) is 11.6 Å². The van der Waals surface area contributed by atoms with E-state index in [0.29, 0.717) is 0 Å². The van der Waals surface area contributed by atoms with Gasteiger partial charge in [-0.05, 0) is 6.92 Å². The highest BCUT2D eigenvalue weighted by Gasteiger charge is 2.37. The number of amides is 1. The molecule has 1 amide bonds. The van der Waals surface area contributed by atoms with Gasteiger partial charge in [0.25, 0.3) is 5.91 Å². The van der Waals surface area contributed by atoms with Crippen molar-refractivity contribution >= 4 is 17.5 Å². The van der Waals surface area contributed by atoms with Crippen LogP contribution in [0.15, 0.2) is 12.4 Å².